The third-order valence-electron chi connectivity index (χ3n) is 5.67. The van der Waals surface area contributed by atoms with Crippen LogP contribution < -0.4 is 9.80 Å². The largest absolute Gasteiger partial charge is 0.478 e. The van der Waals surface area contributed by atoms with Gasteiger partial charge in [-0.2, -0.15) is 0 Å². The number of thiazole rings is 1. The summed E-state index contributed by atoms with van der Waals surface area (Å²) in [4.78, 5) is 32.8. The minimum Gasteiger partial charge on any atom is -0.478 e. The molecule has 1 fully saturated rings. The van der Waals surface area contributed by atoms with Gasteiger partial charge in [-0.05, 0) is 50.1 Å². The number of carbonyl (C=O) groups excluding carboxylic acids is 1. The van der Waals surface area contributed by atoms with Crippen molar-refractivity contribution in [2.45, 2.75) is 25.8 Å². The van der Waals surface area contributed by atoms with Gasteiger partial charge in [0.05, 0.1) is 24.4 Å². The van der Waals surface area contributed by atoms with Crippen molar-refractivity contribution in [2.75, 3.05) is 30.0 Å². The number of ether oxygens (including phenoxy) is 1. The van der Waals surface area contributed by atoms with E-state index in [0.717, 1.165) is 46.3 Å². The van der Waals surface area contributed by atoms with E-state index in [0.29, 0.717) is 11.6 Å². The first-order chi connectivity index (χ1) is 15.9. The fourth-order valence-electron chi connectivity index (χ4n) is 4.06. The molecule has 1 N–H and O–H groups in total. The maximum absolute atomic E-state index is 12.9. The highest BCUT2D eigenvalue weighted by molar-refractivity contribution is 7.19. The van der Waals surface area contributed by atoms with E-state index in [-0.39, 0.29) is 11.6 Å². The molecular formula is C24H24ClN3O4S. The van der Waals surface area contributed by atoms with Crippen LogP contribution in [0.2, 0.25) is 5.02 Å². The minimum absolute atomic E-state index is 0.142. The number of methoxy groups -OCH3 is 1. The molecule has 1 saturated heterocycles. The summed E-state index contributed by atoms with van der Waals surface area (Å²) in [6.07, 6.45) is 1.23. The van der Waals surface area contributed by atoms with Crippen molar-refractivity contribution in [2.24, 2.45) is 0 Å². The Hall–Kier alpha value is -3.10. The Morgan fingerprint density at radius 3 is 2.70 bits per heavy atom. The van der Waals surface area contributed by atoms with Crippen LogP contribution in [0, 0.1) is 6.92 Å². The molecule has 2 heterocycles. The number of carbonyl (C=O) groups is 2. The van der Waals surface area contributed by atoms with Crippen molar-refractivity contribution in [3.05, 3.63) is 64.8 Å². The molecule has 1 atom stereocenters. The van der Waals surface area contributed by atoms with Crippen molar-refractivity contribution in [3.63, 3.8) is 0 Å². The monoisotopic (exact) mass is 485 g/mol. The van der Waals surface area contributed by atoms with E-state index < -0.39 is 12.1 Å². The van der Waals surface area contributed by atoms with Crippen LogP contribution in [0.1, 0.15) is 28.9 Å². The highest BCUT2D eigenvalue weighted by Crippen LogP contribution is 2.37. The van der Waals surface area contributed by atoms with E-state index in [9.17, 15) is 14.7 Å². The maximum Gasteiger partial charge on any atom is 0.415 e. The van der Waals surface area contributed by atoms with Gasteiger partial charge in [-0.15, -0.1) is 0 Å². The number of aromatic nitrogens is 1. The average Bonchev–Trinajstić information content (AvgIpc) is 3.20. The molecule has 1 aromatic heterocycles. The van der Waals surface area contributed by atoms with Crippen molar-refractivity contribution >= 4 is 45.7 Å². The quantitative estimate of drug-likeness (QED) is 0.498. The Kier molecular flexibility index (Phi) is 6.85. The molecule has 0 radical (unpaired) electrons. The van der Waals surface area contributed by atoms with Gasteiger partial charge in [0.25, 0.3) is 0 Å². The van der Waals surface area contributed by atoms with Crippen molar-refractivity contribution in [1.29, 1.82) is 0 Å². The summed E-state index contributed by atoms with van der Waals surface area (Å²) < 4.78 is 5.15. The lowest BCUT2D eigenvalue weighted by Crippen LogP contribution is -2.50. The van der Waals surface area contributed by atoms with Crippen LogP contribution in [0.5, 0.6) is 0 Å². The fraction of sp³-hybridized carbons (Fsp3) is 0.292. The fourth-order valence-corrected chi connectivity index (χ4v) is 5.32. The number of piperidine rings is 1. The lowest BCUT2D eigenvalue weighted by molar-refractivity contribution is 0.0697. The number of carboxylic acids is 1. The van der Waals surface area contributed by atoms with Gasteiger partial charge in [-0.3, -0.25) is 4.90 Å². The van der Waals surface area contributed by atoms with Crippen LogP contribution in [-0.4, -0.2) is 48.4 Å². The highest BCUT2D eigenvalue weighted by Gasteiger charge is 2.33. The summed E-state index contributed by atoms with van der Waals surface area (Å²) >= 11 is 7.46. The molecule has 2 aromatic carbocycles. The number of amides is 1. The Balaban J connectivity index is 1.64. The first-order valence-corrected chi connectivity index (χ1v) is 11.8. The number of hydrogen-bond donors (Lipinski definition) is 1. The third-order valence-corrected chi connectivity index (χ3v) is 7.13. The zero-order valence-electron chi connectivity index (χ0n) is 18.3. The second-order valence-electron chi connectivity index (χ2n) is 7.85. The highest BCUT2D eigenvalue weighted by atomic mass is 35.5. The molecule has 7 nitrogen and oxygen atoms in total. The molecule has 0 spiro atoms. The molecule has 0 bridgehead atoms. The Bertz CT molecular complexity index is 1160. The summed E-state index contributed by atoms with van der Waals surface area (Å²) in [6, 6.07) is 14.2. The van der Waals surface area contributed by atoms with Gasteiger partial charge in [-0.1, -0.05) is 41.1 Å². The molecule has 0 aliphatic carbocycles. The molecule has 3 aromatic rings. The first-order valence-electron chi connectivity index (χ1n) is 10.6. The smallest absolute Gasteiger partial charge is 0.415 e. The zero-order chi connectivity index (χ0) is 23.5. The number of aryl methyl sites for hydroxylation is 1. The summed E-state index contributed by atoms with van der Waals surface area (Å²) in [6.45, 7) is 3.23. The number of nitrogens with zero attached hydrogens (tertiary/aromatic N) is 3. The van der Waals surface area contributed by atoms with E-state index in [1.807, 2.05) is 37.3 Å². The number of carboxylic acid groups (broad SMARTS) is 1. The van der Waals surface area contributed by atoms with Crippen molar-refractivity contribution in [3.8, 4) is 10.6 Å². The van der Waals surface area contributed by atoms with Gasteiger partial charge in [0.2, 0.25) is 0 Å². The van der Waals surface area contributed by atoms with Crippen LogP contribution in [-0.2, 0) is 4.74 Å². The molecule has 172 valence electrons. The number of benzene rings is 2. The average molecular weight is 486 g/mol. The Labute approximate surface area is 201 Å². The van der Waals surface area contributed by atoms with Crippen molar-refractivity contribution < 1.29 is 19.4 Å². The zero-order valence-corrected chi connectivity index (χ0v) is 19.9. The minimum atomic E-state index is -0.961. The van der Waals surface area contributed by atoms with Crippen LogP contribution in [0.3, 0.4) is 0 Å². The topological polar surface area (TPSA) is 83.0 Å². The molecule has 9 heteroatoms. The molecule has 33 heavy (non-hydrogen) atoms. The van der Waals surface area contributed by atoms with Crippen LogP contribution >= 0.6 is 22.9 Å². The first kappa shape index (κ1) is 23.1. The number of anilines is 2. The predicted octanol–water partition coefficient (Wildman–Crippen LogP) is 5.71. The van der Waals surface area contributed by atoms with E-state index >= 15 is 0 Å². The molecule has 4 rings (SSSR count). The summed E-state index contributed by atoms with van der Waals surface area (Å²) in [5.74, 6) is -0.961. The second-order valence-corrected chi connectivity index (χ2v) is 9.27. The molecule has 0 saturated carbocycles. The lowest BCUT2D eigenvalue weighted by atomic mass is 10.0. The second kappa shape index (κ2) is 9.80. The Morgan fingerprint density at radius 1 is 1.24 bits per heavy atom. The normalized spacial score (nSPS) is 15.8. The lowest BCUT2D eigenvalue weighted by Gasteiger charge is -2.39. The summed E-state index contributed by atoms with van der Waals surface area (Å²) in [5, 5.41) is 11.5. The molecule has 1 aliphatic rings. The van der Waals surface area contributed by atoms with E-state index in [2.05, 4.69) is 4.90 Å². The summed E-state index contributed by atoms with van der Waals surface area (Å²) in [5.41, 5.74) is 2.75. The number of rotatable bonds is 5. The van der Waals surface area contributed by atoms with Crippen LogP contribution in [0.15, 0.2) is 48.5 Å². The van der Waals surface area contributed by atoms with Gasteiger partial charge in [0, 0.05) is 29.4 Å². The van der Waals surface area contributed by atoms with E-state index in [4.69, 9.17) is 21.3 Å². The summed E-state index contributed by atoms with van der Waals surface area (Å²) in [7, 11) is 1.38. The van der Waals surface area contributed by atoms with Crippen LogP contribution in [0.25, 0.3) is 10.6 Å². The Morgan fingerprint density at radius 2 is 2.00 bits per heavy atom. The van der Waals surface area contributed by atoms with E-state index in [1.54, 1.807) is 23.1 Å². The van der Waals surface area contributed by atoms with Gasteiger partial charge >= 0.3 is 12.1 Å². The van der Waals surface area contributed by atoms with Gasteiger partial charge in [-0.25, -0.2) is 14.6 Å². The standard InChI is InChI=1S/C24H24ClN3O4S/c1-15-22(33-21(26-15)16-8-10-18(25)11-9-16)28(24(31)32-2)20-7-4-12-27(14-20)19-6-3-5-17(13-19)23(29)30/h3,5-6,8-11,13,20H,4,7,12,14H2,1-2H3,(H,29,30). The number of aromatic carboxylic acids is 1. The van der Waals surface area contributed by atoms with Crippen molar-refractivity contribution in [1.82, 2.24) is 4.98 Å². The molecule has 1 unspecified atom stereocenters. The van der Waals surface area contributed by atoms with Crippen LogP contribution in [0.4, 0.5) is 15.5 Å². The molecule has 1 aliphatic heterocycles. The van der Waals surface area contributed by atoms with E-state index in [1.165, 1.54) is 18.4 Å². The SMILES string of the molecule is COC(=O)N(c1sc(-c2ccc(Cl)cc2)nc1C)C1CCCN(c2cccc(C(=O)O)c2)C1. The van der Waals surface area contributed by atoms with Gasteiger partial charge in [0.1, 0.15) is 10.0 Å². The number of halogens is 1. The van der Waals surface area contributed by atoms with Gasteiger partial charge in [0.15, 0.2) is 0 Å². The molecular weight excluding hydrogens is 462 g/mol. The number of hydrogen-bond acceptors (Lipinski definition) is 6. The molecule has 1 amide bonds. The van der Waals surface area contributed by atoms with Gasteiger partial charge < -0.3 is 14.7 Å². The predicted molar refractivity (Wildman–Crippen MR) is 131 cm³/mol. The third kappa shape index (κ3) is 4.96. The maximum atomic E-state index is 12.9.